The number of rotatable bonds is 9. The number of hydrogen-bond acceptors (Lipinski definition) is 6. The van der Waals surface area contributed by atoms with Crippen LogP contribution in [-0.2, 0) is 19.8 Å². The average Bonchev–Trinajstić information content (AvgIpc) is 3.54. The van der Waals surface area contributed by atoms with Gasteiger partial charge in [-0.1, -0.05) is 12.1 Å². The van der Waals surface area contributed by atoms with Crippen LogP contribution in [0.5, 0.6) is 11.5 Å². The van der Waals surface area contributed by atoms with E-state index in [0.29, 0.717) is 34.9 Å². The molecule has 1 saturated carbocycles. The van der Waals surface area contributed by atoms with E-state index in [9.17, 15) is 9.50 Å². The van der Waals surface area contributed by atoms with Gasteiger partial charge in [0.1, 0.15) is 17.4 Å². The highest BCUT2D eigenvalue weighted by Gasteiger charge is 2.32. The van der Waals surface area contributed by atoms with Crippen molar-refractivity contribution in [3.63, 3.8) is 0 Å². The minimum Gasteiger partial charge on any atom is -0.493 e. The number of aliphatic hydroxyl groups excluding tert-OH is 1. The molecule has 0 saturated heterocycles. The molecule has 168 valence electrons. The molecule has 4 rings (SSSR count). The van der Waals surface area contributed by atoms with Gasteiger partial charge in [-0.15, -0.1) is 11.3 Å². The topological polar surface area (TPSA) is 66.9 Å². The molecule has 1 fully saturated rings. The highest BCUT2D eigenvalue weighted by atomic mass is 32.1. The van der Waals surface area contributed by atoms with E-state index in [1.165, 1.54) is 23.5 Å². The Morgan fingerprint density at radius 1 is 1.28 bits per heavy atom. The Kier molecular flexibility index (Phi) is 7.19. The fourth-order valence-corrected chi connectivity index (χ4v) is 4.32. The number of benzene rings is 2. The van der Waals surface area contributed by atoms with Crippen molar-refractivity contribution < 1.29 is 19.0 Å². The minimum absolute atomic E-state index is 0.0920. The smallest absolute Gasteiger partial charge is 0.173 e. The molecular weight excluding hydrogens is 449 g/mol. The first-order chi connectivity index (χ1) is 15.6. The second-order valence-corrected chi connectivity index (χ2v) is 8.75. The van der Waals surface area contributed by atoms with Gasteiger partial charge >= 0.3 is 0 Å². The molecular formula is C23H24FN3O3S2. The summed E-state index contributed by atoms with van der Waals surface area (Å²) in [6.45, 7) is 0.731. The Labute approximate surface area is 195 Å². The summed E-state index contributed by atoms with van der Waals surface area (Å²) in [7, 11) is 1.61. The van der Waals surface area contributed by atoms with Crippen molar-refractivity contribution in [2.45, 2.75) is 38.6 Å². The van der Waals surface area contributed by atoms with Gasteiger partial charge in [-0.3, -0.25) is 0 Å². The van der Waals surface area contributed by atoms with E-state index in [2.05, 4.69) is 15.2 Å². The Balaban J connectivity index is 1.51. The molecule has 2 N–H and O–H groups in total. The molecule has 0 atom stereocenters. The van der Waals surface area contributed by atoms with Crippen molar-refractivity contribution in [3.05, 3.63) is 69.9 Å². The summed E-state index contributed by atoms with van der Waals surface area (Å²) in [6, 6.07) is 12.3. The van der Waals surface area contributed by atoms with Crippen molar-refractivity contribution in [1.82, 2.24) is 9.88 Å². The summed E-state index contributed by atoms with van der Waals surface area (Å²) in [5, 5.41) is 15.6. The maximum absolute atomic E-state index is 13.2. The van der Waals surface area contributed by atoms with Gasteiger partial charge in [-0.25, -0.2) is 9.37 Å². The number of nitrogens with one attached hydrogen (secondary N) is 1. The number of halogens is 1. The molecule has 0 spiro atoms. The van der Waals surface area contributed by atoms with Crippen LogP contribution in [0.15, 0.2) is 47.8 Å². The molecule has 6 nitrogen and oxygen atoms in total. The lowest BCUT2D eigenvalue weighted by Crippen LogP contribution is -2.36. The maximum Gasteiger partial charge on any atom is 0.173 e. The number of hydrogen-bond donors (Lipinski definition) is 2. The second kappa shape index (κ2) is 10.2. The Morgan fingerprint density at radius 2 is 2.06 bits per heavy atom. The largest absolute Gasteiger partial charge is 0.493 e. The van der Waals surface area contributed by atoms with Crippen LogP contribution in [0.3, 0.4) is 0 Å². The van der Waals surface area contributed by atoms with Gasteiger partial charge in [0, 0.05) is 29.2 Å². The van der Waals surface area contributed by atoms with E-state index in [1.807, 2.05) is 23.6 Å². The molecule has 0 amide bonds. The Hall–Kier alpha value is -2.75. The van der Waals surface area contributed by atoms with Crippen LogP contribution in [0, 0.1) is 5.82 Å². The average molecular weight is 474 g/mol. The van der Waals surface area contributed by atoms with Gasteiger partial charge in [0.25, 0.3) is 0 Å². The zero-order chi connectivity index (χ0) is 22.5. The number of methoxy groups -OCH3 is 1. The van der Waals surface area contributed by atoms with Gasteiger partial charge in [-0.2, -0.15) is 0 Å². The highest BCUT2D eigenvalue weighted by molar-refractivity contribution is 7.80. The summed E-state index contributed by atoms with van der Waals surface area (Å²) in [5.74, 6) is 0.991. The van der Waals surface area contributed by atoms with Crippen molar-refractivity contribution in [3.8, 4) is 11.5 Å². The van der Waals surface area contributed by atoms with Crippen LogP contribution in [0.4, 0.5) is 10.1 Å². The van der Waals surface area contributed by atoms with Gasteiger partial charge < -0.3 is 24.8 Å². The molecule has 2 aromatic carbocycles. The molecule has 0 unspecified atom stereocenters. The number of aliphatic hydroxyl groups is 1. The third-order valence-corrected chi connectivity index (χ3v) is 6.27. The number of para-hydroxylation sites is 1. The maximum atomic E-state index is 13.2. The summed E-state index contributed by atoms with van der Waals surface area (Å²) in [5.41, 5.74) is 2.32. The van der Waals surface area contributed by atoms with E-state index >= 15 is 0 Å². The van der Waals surface area contributed by atoms with Gasteiger partial charge in [0.2, 0.25) is 0 Å². The molecule has 32 heavy (non-hydrogen) atoms. The third-order valence-electron chi connectivity index (χ3n) is 5.07. The zero-order valence-corrected chi connectivity index (χ0v) is 19.2. The van der Waals surface area contributed by atoms with E-state index in [0.717, 1.165) is 29.1 Å². The van der Waals surface area contributed by atoms with Gasteiger partial charge in [-0.05, 0) is 55.4 Å². The third kappa shape index (κ3) is 5.53. The first-order valence-electron chi connectivity index (χ1n) is 10.2. The van der Waals surface area contributed by atoms with Crippen LogP contribution in [0.25, 0.3) is 0 Å². The lowest BCUT2D eigenvalue weighted by molar-refractivity contribution is 0.268. The molecule has 1 aromatic heterocycles. The van der Waals surface area contributed by atoms with Crippen molar-refractivity contribution in [1.29, 1.82) is 0 Å². The highest BCUT2D eigenvalue weighted by Crippen LogP contribution is 2.36. The van der Waals surface area contributed by atoms with E-state index in [-0.39, 0.29) is 19.0 Å². The molecule has 0 bridgehead atoms. The Morgan fingerprint density at radius 3 is 2.72 bits per heavy atom. The minimum atomic E-state index is -0.287. The molecule has 1 heterocycles. The zero-order valence-electron chi connectivity index (χ0n) is 17.6. The molecule has 9 heteroatoms. The summed E-state index contributed by atoms with van der Waals surface area (Å²) >= 11 is 7.13. The normalized spacial score (nSPS) is 13.0. The number of aromatic nitrogens is 1. The lowest BCUT2D eigenvalue weighted by Gasteiger charge is -2.27. The monoisotopic (exact) mass is 473 g/mol. The van der Waals surface area contributed by atoms with Crippen LogP contribution in [0.2, 0.25) is 0 Å². The van der Waals surface area contributed by atoms with Crippen LogP contribution < -0.4 is 14.8 Å². The van der Waals surface area contributed by atoms with E-state index in [1.54, 1.807) is 19.2 Å². The van der Waals surface area contributed by atoms with Crippen molar-refractivity contribution >= 4 is 34.4 Å². The number of ether oxygens (including phenoxy) is 2. The van der Waals surface area contributed by atoms with Crippen LogP contribution >= 0.6 is 23.6 Å². The SMILES string of the molecule is COc1cccc(CN(C(=S)Nc2ccc(F)cc2)C2CC2)c1OCc1nc(CO)cs1. The number of anilines is 1. The fourth-order valence-electron chi connectivity index (χ4n) is 3.30. The molecule has 0 aliphatic heterocycles. The summed E-state index contributed by atoms with van der Waals surface area (Å²) < 4.78 is 24.9. The van der Waals surface area contributed by atoms with Gasteiger partial charge in [0.05, 0.1) is 19.4 Å². The number of thiocarbonyl (C=S) groups is 1. The fraction of sp³-hybridized carbons (Fsp3) is 0.304. The molecule has 0 radical (unpaired) electrons. The van der Waals surface area contributed by atoms with E-state index in [4.69, 9.17) is 21.7 Å². The quantitative estimate of drug-likeness (QED) is 0.436. The molecule has 1 aliphatic rings. The molecule has 1 aliphatic carbocycles. The number of nitrogens with zero attached hydrogens (tertiary/aromatic N) is 2. The second-order valence-electron chi connectivity index (χ2n) is 7.42. The lowest BCUT2D eigenvalue weighted by atomic mass is 10.1. The summed E-state index contributed by atoms with van der Waals surface area (Å²) in [4.78, 5) is 6.48. The standard InChI is InChI=1S/C23H24FN3O3S2/c1-29-20-4-2-3-15(22(20)30-13-21-25-18(12-28)14-32-21)11-27(19-9-10-19)23(31)26-17-7-5-16(24)6-8-17/h2-8,14,19,28H,9-13H2,1H3,(H,26,31). The van der Waals surface area contributed by atoms with Crippen LogP contribution in [-0.4, -0.2) is 33.3 Å². The predicted octanol–water partition coefficient (Wildman–Crippen LogP) is 4.72. The first kappa shape index (κ1) is 22.4. The van der Waals surface area contributed by atoms with Crippen LogP contribution in [0.1, 0.15) is 29.1 Å². The van der Waals surface area contributed by atoms with E-state index < -0.39 is 0 Å². The summed E-state index contributed by atoms with van der Waals surface area (Å²) in [6.07, 6.45) is 2.13. The van der Waals surface area contributed by atoms with Crippen molar-refractivity contribution in [2.75, 3.05) is 12.4 Å². The predicted molar refractivity (Wildman–Crippen MR) is 127 cm³/mol. The number of thiazole rings is 1. The Bertz CT molecular complexity index is 1070. The van der Waals surface area contributed by atoms with Gasteiger partial charge in [0.15, 0.2) is 16.6 Å². The first-order valence-corrected chi connectivity index (χ1v) is 11.5. The van der Waals surface area contributed by atoms with Crippen molar-refractivity contribution in [2.24, 2.45) is 0 Å². The molecule has 3 aromatic rings.